The third-order valence-electron chi connectivity index (χ3n) is 3.84. The normalized spacial score (nSPS) is 10.3. The lowest BCUT2D eigenvalue weighted by molar-refractivity contribution is -0.126. The van der Waals surface area contributed by atoms with E-state index in [1.807, 2.05) is 42.5 Å². The third-order valence-corrected chi connectivity index (χ3v) is 3.84. The van der Waals surface area contributed by atoms with Gasteiger partial charge >= 0.3 is 0 Å². The predicted octanol–water partition coefficient (Wildman–Crippen LogP) is 1.29. The monoisotopic (exact) mass is 350 g/mol. The number of amides is 3. The van der Waals surface area contributed by atoms with Gasteiger partial charge in [0, 0.05) is 6.20 Å². The number of hydrogen-bond donors (Lipinski definition) is 4. The van der Waals surface area contributed by atoms with Crippen LogP contribution in [0, 0.1) is 0 Å². The van der Waals surface area contributed by atoms with E-state index >= 15 is 0 Å². The van der Waals surface area contributed by atoms with Crippen molar-refractivity contribution in [1.29, 1.82) is 0 Å². The zero-order chi connectivity index (χ0) is 18.4. The van der Waals surface area contributed by atoms with E-state index in [2.05, 4.69) is 21.2 Å². The van der Waals surface area contributed by atoms with Crippen molar-refractivity contribution in [2.24, 2.45) is 0 Å². The first-order valence-electron chi connectivity index (χ1n) is 8.09. The number of hydrazine groups is 1. The molecule has 3 rings (SSSR count). The van der Waals surface area contributed by atoms with Gasteiger partial charge in [0.2, 0.25) is 5.91 Å². The zero-order valence-corrected chi connectivity index (χ0v) is 13.9. The summed E-state index contributed by atoms with van der Waals surface area (Å²) in [4.78, 5) is 38.2. The van der Waals surface area contributed by atoms with E-state index in [-0.39, 0.29) is 18.9 Å². The SMILES string of the molecule is O=C(Cc1cccc2ccccc12)NCC(=O)NNC(=O)c1ccc[nH]1. The van der Waals surface area contributed by atoms with Gasteiger partial charge in [-0.1, -0.05) is 42.5 Å². The van der Waals surface area contributed by atoms with Crippen LogP contribution >= 0.6 is 0 Å². The zero-order valence-electron chi connectivity index (χ0n) is 13.9. The van der Waals surface area contributed by atoms with Crippen molar-refractivity contribution in [2.75, 3.05) is 6.54 Å². The molecule has 0 unspecified atom stereocenters. The maximum Gasteiger partial charge on any atom is 0.286 e. The van der Waals surface area contributed by atoms with Crippen molar-refractivity contribution in [3.05, 3.63) is 72.1 Å². The third kappa shape index (κ3) is 4.27. The number of hydrogen-bond acceptors (Lipinski definition) is 3. The highest BCUT2D eigenvalue weighted by atomic mass is 16.2. The topological polar surface area (TPSA) is 103 Å². The van der Waals surface area contributed by atoms with Gasteiger partial charge in [0.25, 0.3) is 11.8 Å². The summed E-state index contributed by atoms with van der Waals surface area (Å²) < 4.78 is 0. The summed E-state index contributed by atoms with van der Waals surface area (Å²) in [5, 5.41) is 4.61. The molecule has 132 valence electrons. The summed E-state index contributed by atoms with van der Waals surface area (Å²) in [5.74, 6) is -1.26. The molecule has 26 heavy (non-hydrogen) atoms. The van der Waals surface area contributed by atoms with E-state index in [9.17, 15) is 14.4 Å². The molecule has 0 fully saturated rings. The molecule has 0 bridgehead atoms. The number of fused-ring (bicyclic) bond motifs is 1. The van der Waals surface area contributed by atoms with Gasteiger partial charge in [-0.25, -0.2) is 0 Å². The highest BCUT2D eigenvalue weighted by Crippen LogP contribution is 2.18. The molecule has 7 nitrogen and oxygen atoms in total. The summed E-state index contributed by atoms with van der Waals surface area (Å²) in [6.07, 6.45) is 1.77. The molecule has 3 aromatic rings. The summed E-state index contributed by atoms with van der Waals surface area (Å²) >= 11 is 0. The molecule has 4 N–H and O–H groups in total. The molecule has 1 aromatic heterocycles. The number of carbonyl (C=O) groups is 3. The number of aromatic nitrogens is 1. The van der Waals surface area contributed by atoms with Crippen LogP contribution in [0.1, 0.15) is 16.1 Å². The van der Waals surface area contributed by atoms with Crippen LogP contribution in [0.15, 0.2) is 60.8 Å². The minimum Gasteiger partial charge on any atom is -0.357 e. The van der Waals surface area contributed by atoms with Crippen molar-refractivity contribution < 1.29 is 14.4 Å². The first kappa shape index (κ1) is 17.2. The molecule has 0 saturated carbocycles. The number of H-pyrrole nitrogens is 1. The molecule has 2 aromatic carbocycles. The Bertz CT molecular complexity index is 930. The van der Waals surface area contributed by atoms with Gasteiger partial charge in [-0.15, -0.1) is 0 Å². The molecule has 0 saturated heterocycles. The molecule has 7 heteroatoms. The highest BCUT2D eigenvalue weighted by molar-refractivity contribution is 5.95. The van der Waals surface area contributed by atoms with Crippen LogP contribution in [0.3, 0.4) is 0 Å². The lowest BCUT2D eigenvalue weighted by Crippen LogP contribution is -2.46. The van der Waals surface area contributed by atoms with Crippen molar-refractivity contribution in [3.63, 3.8) is 0 Å². The summed E-state index contributed by atoms with van der Waals surface area (Å²) in [7, 11) is 0. The van der Waals surface area contributed by atoms with Crippen LogP contribution in [0.25, 0.3) is 10.8 Å². The minimum absolute atomic E-state index is 0.170. The number of carbonyl (C=O) groups excluding carboxylic acids is 3. The predicted molar refractivity (Wildman–Crippen MR) is 97.1 cm³/mol. The molecule has 3 amide bonds. The summed E-state index contributed by atoms with van der Waals surface area (Å²) in [5.41, 5.74) is 5.72. The fourth-order valence-corrected chi connectivity index (χ4v) is 2.57. The second kappa shape index (κ2) is 7.98. The van der Waals surface area contributed by atoms with E-state index < -0.39 is 11.8 Å². The number of nitrogens with one attached hydrogen (secondary N) is 4. The standard InChI is InChI=1S/C19H18N4O3/c24-17(11-14-7-3-6-13-5-1-2-8-15(13)14)21-12-18(25)22-23-19(26)16-9-4-10-20-16/h1-10,20H,11-12H2,(H,21,24)(H,22,25)(H,23,26). The number of aromatic amines is 1. The van der Waals surface area contributed by atoms with Crippen molar-refractivity contribution in [2.45, 2.75) is 6.42 Å². The number of rotatable bonds is 5. The van der Waals surface area contributed by atoms with Gasteiger partial charge in [0.15, 0.2) is 0 Å². The number of benzene rings is 2. The average molecular weight is 350 g/mol. The minimum atomic E-state index is -0.517. The molecule has 0 radical (unpaired) electrons. The van der Waals surface area contributed by atoms with E-state index in [4.69, 9.17) is 0 Å². The fraction of sp³-hybridized carbons (Fsp3) is 0.105. The Balaban J connectivity index is 1.47. The van der Waals surface area contributed by atoms with E-state index in [0.29, 0.717) is 5.69 Å². The van der Waals surface area contributed by atoms with E-state index in [0.717, 1.165) is 16.3 Å². The molecule has 0 spiro atoms. The Morgan fingerprint density at radius 2 is 1.65 bits per heavy atom. The fourth-order valence-electron chi connectivity index (χ4n) is 2.57. The second-order valence-corrected chi connectivity index (χ2v) is 5.68. The van der Waals surface area contributed by atoms with Gasteiger partial charge < -0.3 is 10.3 Å². The van der Waals surface area contributed by atoms with Gasteiger partial charge in [-0.05, 0) is 28.5 Å². The summed E-state index contributed by atoms with van der Waals surface area (Å²) in [6, 6.07) is 16.8. The first-order chi connectivity index (χ1) is 12.6. The molecule has 0 atom stereocenters. The Morgan fingerprint density at radius 3 is 2.46 bits per heavy atom. The van der Waals surface area contributed by atoms with Crippen LogP contribution in [-0.2, 0) is 16.0 Å². The molecule has 0 aliphatic heterocycles. The Labute approximate surface area is 149 Å². The first-order valence-corrected chi connectivity index (χ1v) is 8.09. The Kier molecular flexibility index (Phi) is 5.28. The molecular formula is C19H18N4O3. The van der Waals surface area contributed by atoms with Gasteiger partial charge in [0.05, 0.1) is 13.0 Å². The maximum atomic E-state index is 12.1. The van der Waals surface area contributed by atoms with Crippen LogP contribution in [0.4, 0.5) is 0 Å². The maximum absolute atomic E-state index is 12.1. The molecular weight excluding hydrogens is 332 g/mol. The average Bonchev–Trinajstić information content (AvgIpc) is 3.19. The lowest BCUT2D eigenvalue weighted by atomic mass is 10.0. The van der Waals surface area contributed by atoms with Gasteiger partial charge in [-0.2, -0.15) is 0 Å². The van der Waals surface area contributed by atoms with Crippen LogP contribution in [0.5, 0.6) is 0 Å². The molecule has 0 aliphatic carbocycles. The highest BCUT2D eigenvalue weighted by Gasteiger charge is 2.10. The smallest absolute Gasteiger partial charge is 0.286 e. The molecule has 0 aliphatic rings. The Hall–Kier alpha value is -3.61. The quantitative estimate of drug-likeness (QED) is 0.521. The van der Waals surface area contributed by atoms with Gasteiger partial charge in [-0.3, -0.25) is 25.2 Å². The Morgan fingerprint density at radius 1 is 0.846 bits per heavy atom. The summed E-state index contributed by atoms with van der Waals surface area (Å²) in [6.45, 7) is -0.228. The van der Waals surface area contributed by atoms with Gasteiger partial charge in [0.1, 0.15) is 5.69 Å². The van der Waals surface area contributed by atoms with Crippen molar-refractivity contribution in [3.8, 4) is 0 Å². The lowest BCUT2D eigenvalue weighted by Gasteiger charge is -2.09. The van der Waals surface area contributed by atoms with Crippen LogP contribution in [0.2, 0.25) is 0 Å². The second-order valence-electron chi connectivity index (χ2n) is 5.68. The van der Waals surface area contributed by atoms with Crippen molar-refractivity contribution in [1.82, 2.24) is 21.2 Å². The molecule has 1 heterocycles. The van der Waals surface area contributed by atoms with Crippen molar-refractivity contribution >= 4 is 28.5 Å². The van der Waals surface area contributed by atoms with E-state index in [1.165, 1.54) is 0 Å². The van der Waals surface area contributed by atoms with E-state index in [1.54, 1.807) is 18.3 Å². The largest absolute Gasteiger partial charge is 0.357 e. The van der Waals surface area contributed by atoms with Crippen LogP contribution < -0.4 is 16.2 Å². The van der Waals surface area contributed by atoms with Crippen LogP contribution in [-0.4, -0.2) is 29.3 Å².